The Kier molecular flexibility index (Phi) is 9.47. The maximum absolute atomic E-state index is 11.7. The van der Waals surface area contributed by atoms with E-state index in [1.807, 2.05) is 0 Å². The summed E-state index contributed by atoms with van der Waals surface area (Å²) in [4.78, 5) is 23.2. The first kappa shape index (κ1) is 19.0. The molecule has 0 saturated heterocycles. The molecule has 0 aliphatic rings. The lowest BCUT2D eigenvalue weighted by Crippen LogP contribution is -2.30. The van der Waals surface area contributed by atoms with Gasteiger partial charge in [0.2, 0.25) is 0 Å². The van der Waals surface area contributed by atoms with Crippen molar-refractivity contribution in [1.82, 2.24) is 5.32 Å². The Bertz CT molecular complexity index is 474. The van der Waals surface area contributed by atoms with E-state index in [9.17, 15) is 9.59 Å². The SMILES string of the molecule is CCCCOCCCNC(=O)Nc1ccc(C(=O)OCC)cc1. The molecule has 1 rings (SSSR count). The summed E-state index contributed by atoms with van der Waals surface area (Å²) in [6.45, 7) is 6.19. The predicted molar refractivity (Wildman–Crippen MR) is 89.8 cm³/mol. The number of esters is 1. The number of anilines is 1. The highest BCUT2D eigenvalue weighted by Gasteiger charge is 2.06. The number of hydrogen-bond donors (Lipinski definition) is 2. The highest BCUT2D eigenvalue weighted by Crippen LogP contribution is 2.10. The molecule has 0 aliphatic carbocycles. The van der Waals surface area contributed by atoms with E-state index in [0.717, 1.165) is 25.9 Å². The van der Waals surface area contributed by atoms with E-state index >= 15 is 0 Å². The third-order valence-electron chi connectivity index (χ3n) is 3.05. The smallest absolute Gasteiger partial charge is 0.338 e. The largest absolute Gasteiger partial charge is 0.462 e. The third-order valence-corrected chi connectivity index (χ3v) is 3.05. The normalized spacial score (nSPS) is 10.2. The van der Waals surface area contributed by atoms with E-state index in [-0.39, 0.29) is 12.0 Å². The minimum absolute atomic E-state index is 0.276. The molecule has 0 spiro atoms. The fourth-order valence-corrected chi connectivity index (χ4v) is 1.80. The van der Waals surface area contributed by atoms with E-state index in [4.69, 9.17) is 9.47 Å². The zero-order valence-electron chi connectivity index (χ0n) is 13.9. The van der Waals surface area contributed by atoms with E-state index in [0.29, 0.717) is 31.0 Å². The van der Waals surface area contributed by atoms with Crippen molar-refractivity contribution in [2.45, 2.75) is 33.1 Å². The first-order chi connectivity index (χ1) is 11.2. The number of amides is 2. The van der Waals surface area contributed by atoms with Crippen LogP contribution >= 0.6 is 0 Å². The molecule has 128 valence electrons. The van der Waals surface area contributed by atoms with Gasteiger partial charge in [-0.15, -0.1) is 0 Å². The maximum Gasteiger partial charge on any atom is 0.338 e. The van der Waals surface area contributed by atoms with Crippen molar-refractivity contribution in [3.8, 4) is 0 Å². The van der Waals surface area contributed by atoms with Crippen molar-refractivity contribution in [3.05, 3.63) is 29.8 Å². The topological polar surface area (TPSA) is 76.7 Å². The number of nitrogens with one attached hydrogen (secondary N) is 2. The van der Waals surface area contributed by atoms with E-state index in [1.165, 1.54) is 0 Å². The highest BCUT2D eigenvalue weighted by molar-refractivity contribution is 5.92. The van der Waals surface area contributed by atoms with E-state index < -0.39 is 0 Å². The molecule has 1 aromatic carbocycles. The number of urea groups is 1. The van der Waals surface area contributed by atoms with Crippen LogP contribution in [0.4, 0.5) is 10.5 Å². The maximum atomic E-state index is 11.7. The number of unbranched alkanes of at least 4 members (excludes halogenated alkanes) is 1. The molecule has 0 saturated carbocycles. The fraction of sp³-hybridized carbons (Fsp3) is 0.529. The summed E-state index contributed by atoms with van der Waals surface area (Å²) >= 11 is 0. The van der Waals surface area contributed by atoms with Crippen molar-refractivity contribution in [3.63, 3.8) is 0 Å². The van der Waals surface area contributed by atoms with Crippen LogP contribution in [0.15, 0.2) is 24.3 Å². The molecule has 0 heterocycles. The molecule has 0 unspecified atom stereocenters. The molecule has 0 aliphatic heterocycles. The summed E-state index contributed by atoms with van der Waals surface area (Å²) in [5, 5.41) is 5.47. The Hall–Kier alpha value is -2.08. The summed E-state index contributed by atoms with van der Waals surface area (Å²) in [6, 6.07) is 6.30. The molecule has 6 heteroatoms. The first-order valence-electron chi connectivity index (χ1n) is 8.07. The van der Waals surface area contributed by atoms with Crippen LogP contribution < -0.4 is 10.6 Å². The summed E-state index contributed by atoms with van der Waals surface area (Å²) in [5.41, 5.74) is 1.08. The molecule has 1 aromatic rings. The molecule has 2 amide bonds. The molecule has 0 aromatic heterocycles. The molecule has 6 nitrogen and oxygen atoms in total. The average molecular weight is 322 g/mol. The minimum atomic E-state index is -0.369. The lowest BCUT2D eigenvalue weighted by Gasteiger charge is -2.08. The van der Waals surface area contributed by atoms with Gasteiger partial charge in [0, 0.05) is 25.4 Å². The Labute approximate surface area is 137 Å². The van der Waals surface area contributed by atoms with Gasteiger partial charge in [0.25, 0.3) is 0 Å². The van der Waals surface area contributed by atoms with Gasteiger partial charge in [-0.1, -0.05) is 13.3 Å². The average Bonchev–Trinajstić information content (AvgIpc) is 2.55. The quantitative estimate of drug-likeness (QED) is 0.512. The molecular formula is C17H26N2O4. The lowest BCUT2D eigenvalue weighted by atomic mass is 10.2. The zero-order valence-corrected chi connectivity index (χ0v) is 13.9. The van der Waals surface area contributed by atoms with Crippen molar-refractivity contribution in [1.29, 1.82) is 0 Å². The molecule has 0 atom stereocenters. The Morgan fingerprint density at radius 3 is 2.39 bits per heavy atom. The monoisotopic (exact) mass is 322 g/mol. The van der Waals surface area contributed by atoms with E-state index in [1.54, 1.807) is 31.2 Å². The standard InChI is InChI=1S/C17H26N2O4/c1-3-5-12-22-13-6-11-18-17(21)19-15-9-7-14(8-10-15)16(20)23-4-2/h7-10H,3-6,11-13H2,1-2H3,(H2,18,19,21). The number of benzene rings is 1. The van der Waals surface area contributed by atoms with Crippen LogP contribution in [0.1, 0.15) is 43.5 Å². The summed E-state index contributed by atoms with van der Waals surface area (Å²) in [5.74, 6) is -0.369. The number of rotatable bonds is 10. The van der Waals surface area contributed by atoms with Crippen LogP contribution in [0.3, 0.4) is 0 Å². The van der Waals surface area contributed by atoms with Crippen LogP contribution in [0.2, 0.25) is 0 Å². The second kappa shape index (κ2) is 11.5. The van der Waals surface area contributed by atoms with Crippen molar-refractivity contribution >= 4 is 17.7 Å². The van der Waals surface area contributed by atoms with Gasteiger partial charge in [0.15, 0.2) is 0 Å². The molecule has 23 heavy (non-hydrogen) atoms. The molecule has 0 fully saturated rings. The Morgan fingerprint density at radius 2 is 1.74 bits per heavy atom. The second-order valence-corrected chi connectivity index (χ2v) is 5.00. The van der Waals surface area contributed by atoms with Crippen LogP contribution in [0, 0.1) is 0 Å². The van der Waals surface area contributed by atoms with Gasteiger partial charge in [0.1, 0.15) is 0 Å². The molecule has 0 bridgehead atoms. The van der Waals surface area contributed by atoms with Gasteiger partial charge in [-0.2, -0.15) is 0 Å². The summed E-state index contributed by atoms with van der Waals surface area (Å²) < 4.78 is 10.3. The van der Waals surface area contributed by atoms with Gasteiger partial charge < -0.3 is 20.1 Å². The third kappa shape index (κ3) is 8.21. The Morgan fingerprint density at radius 1 is 1.04 bits per heavy atom. The van der Waals surface area contributed by atoms with Gasteiger partial charge in [-0.3, -0.25) is 0 Å². The van der Waals surface area contributed by atoms with Gasteiger partial charge in [-0.05, 0) is 44.0 Å². The van der Waals surface area contributed by atoms with Gasteiger partial charge in [-0.25, -0.2) is 9.59 Å². The van der Waals surface area contributed by atoms with E-state index in [2.05, 4.69) is 17.6 Å². The van der Waals surface area contributed by atoms with Crippen molar-refractivity contribution < 1.29 is 19.1 Å². The van der Waals surface area contributed by atoms with Crippen molar-refractivity contribution in [2.75, 3.05) is 31.7 Å². The summed E-state index contributed by atoms with van der Waals surface area (Å²) in [6.07, 6.45) is 2.96. The Balaban J connectivity index is 2.22. The van der Waals surface area contributed by atoms with Crippen LogP contribution in [-0.2, 0) is 9.47 Å². The number of hydrogen-bond acceptors (Lipinski definition) is 4. The second-order valence-electron chi connectivity index (χ2n) is 5.00. The molecule has 2 N–H and O–H groups in total. The number of carbonyl (C=O) groups is 2. The van der Waals surface area contributed by atoms with Crippen LogP contribution in [0.5, 0.6) is 0 Å². The minimum Gasteiger partial charge on any atom is -0.462 e. The van der Waals surface area contributed by atoms with Gasteiger partial charge in [0.05, 0.1) is 12.2 Å². The fourth-order valence-electron chi connectivity index (χ4n) is 1.80. The molecular weight excluding hydrogens is 296 g/mol. The summed E-state index contributed by atoms with van der Waals surface area (Å²) in [7, 11) is 0. The van der Waals surface area contributed by atoms with Gasteiger partial charge >= 0.3 is 12.0 Å². The number of ether oxygens (including phenoxy) is 2. The van der Waals surface area contributed by atoms with Crippen molar-refractivity contribution in [2.24, 2.45) is 0 Å². The predicted octanol–water partition coefficient (Wildman–Crippen LogP) is 3.19. The zero-order chi connectivity index (χ0) is 16.9. The lowest BCUT2D eigenvalue weighted by molar-refractivity contribution is 0.0526. The first-order valence-corrected chi connectivity index (χ1v) is 8.07. The number of carbonyl (C=O) groups excluding carboxylic acids is 2. The van der Waals surface area contributed by atoms with Crippen LogP contribution in [0.25, 0.3) is 0 Å². The molecule has 0 radical (unpaired) electrons. The highest BCUT2D eigenvalue weighted by atomic mass is 16.5. The van der Waals surface area contributed by atoms with Crippen LogP contribution in [-0.4, -0.2) is 38.4 Å².